The standard InChI is InChI=1S/C33H44O2S/c1-3-5-6-7-8-9-10-11-14-20-29-25-27-32(28-26-29)36(35-33(34)19-4-2,30-21-15-12-16-22-30)31-23-17-13-18-24-31/h12-13,15-18,21-28H,3-11,14,19-20H2,1-2H3. The second-order valence-corrected chi connectivity index (χ2v) is 12.3. The van der Waals surface area contributed by atoms with E-state index in [0.717, 1.165) is 27.5 Å². The molecule has 3 heteroatoms. The van der Waals surface area contributed by atoms with Crippen molar-refractivity contribution in [2.45, 2.75) is 106 Å². The van der Waals surface area contributed by atoms with Gasteiger partial charge in [0.15, 0.2) is 0 Å². The Hall–Kier alpha value is -2.52. The van der Waals surface area contributed by atoms with Gasteiger partial charge in [0.25, 0.3) is 0 Å². The molecule has 3 rings (SSSR count). The normalized spacial score (nSPS) is 11.8. The highest BCUT2D eigenvalue weighted by Crippen LogP contribution is 2.69. The molecule has 0 atom stereocenters. The van der Waals surface area contributed by atoms with Crippen LogP contribution in [0.1, 0.15) is 90.0 Å². The van der Waals surface area contributed by atoms with Gasteiger partial charge >= 0.3 is 5.97 Å². The molecule has 3 aromatic rings. The van der Waals surface area contributed by atoms with E-state index in [1.165, 1.54) is 63.4 Å². The van der Waals surface area contributed by atoms with Gasteiger partial charge in [-0.3, -0.25) is 4.79 Å². The fourth-order valence-corrected chi connectivity index (χ4v) is 7.72. The zero-order valence-electron chi connectivity index (χ0n) is 22.3. The van der Waals surface area contributed by atoms with Gasteiger partial charge in [-0.05, 0) is 71.5 Å². The lowest BCUT2D eigenvalue weighted by molar-refractivity contribution is -0.133. The summed E-state index contributed by atoms with van der Waals surface area (Å²) in [6, 6.07) is 29.4. The number of carbonyl (C=O) groups is 1. The topological polar surface area (TPSA) is 26.3 Å². The maximum atomic E-state index is 12.9. The number of hydrogen-bond acceptors (Lipinski definition) is 2. The summed E-state index contributed by atoms with van der Waals surface area (Å²) in [6.07, 6.45) is 14.4. The van der Waals surface area contributed by atoms with Gasteiger partial charge in [0.05, 0.1) is 0 Å². The Morgan fingerprint density at radius 2 is 1.06 bits per heavy atom. The van der Waals surface area contributed by atoms with Crippen molar-refractivity contribution in [2.24, 2.45) is 0 Å². The third-order valence-electron chi connectivity index (χ3n) is 6.65. The van der Waals surface area contributed by atoms with E-state index >= 15 is 0 Å². The Morgan fingerprint density at radius 1 is 0.583 bits per heavy atom. The average molecular weight is 505 g/mol. The first-order chi connectivity index (χ1) is 17.7. The molecule has 0 unspecified atom stereocenters. The first kappa shape index (κ1) is 28.1. The Labute approximate surface area is 221 Å². The van der Waals surface area contributed by atoms with Gasteiger partial charge in [0, 0.05) is 21.1 Å². The van der Waals surface area contributed by atoms with Gasteiger partial charge in [-0.2, -0.15) is 0 Å². The molecule has 0 aromatic heterocycles. The average Bonchev–Trinajstić information content (AvgIpc) is 2.92. The summed E-state index contributed by atoms with van der Waals surface area (Å²) in [6.45, 7) is 4.29. The summed E-state index contributed by atoms with van der Waals surface area (Å²) in [7, 11) is -2.16. The molecule has 0 aliphatic rings. The van der Waals surface area contributed by atoms with Gasteiger partial charge in [0.1, 0.15) is 0 Å². The zero-order valence-corrected chi connectivity index (χ0v) is 23.1. The van der Waals surface area contributed by atoms with Crippen molar-refractivity contribution in [3.63, 3.8) is 0 Å². The summed E-state index contributed by atoms with van der Waals surface area (Å²) < 4.78 is 6.48. The van der Waals surface area contributed by atoms with Crippen LogP contribution in [0.5, 0.6) is 0 Å². The van der Waals surface area contributed by atoms with Crippen LogP contribution in [0, 0.1) is 0 Å². The molecule has 0 heterocycles. The molecule has 194 valence electrons. The summed E-state index contributed by atoms with van der Waals surface area (Å²) in [5.41, 5.74) is 1.36. The molecule has 0 radical (unpaired) electrons. The molecule has 36 heavy (non-hydrogen) atoms. The molecular weight excluding hydrogens is 460 g/mol. The van der Waals surface area contributed by atoms with Crippen LogP contribution in [0.3, 0.4) is 0 Å². The smallest absolute Gasteiger partial charge is 0.317 e. The van der Waals surface area contributed by atoms with E-state index in [4.69, 9.17) is 4.18 Å². The summed E-state index contributed by atoms with van der Waals surface area (Å²) in [4.78, 5) is 16.1. The molecule has 0 aliphatic heterocycles. The minimum absolute atomic E-state index is 0.140. The maximum Gasteiger partial charge on any atom is 0.317 e. The first-order valence-corrected chi connectivity index (χ1v) is 15.5. The molecule has 2 nitrogen and oxygen atoms in total. The molecule has 0 aliphatic carbocycles. The highest BCUT2D eigenvalue weighted by Gasteiger charge is 2.35. The van der Waals surface area contributed by atoms with Crippen LogP contribution in [-0.4, -0.2) is 5.97 Å². The van der Waals surface area contributed by atoms with Crippen LogP contribution in [0.15, 0.2) is 99.6 Å². The van der Waals surface area contributed by atoms with Crippen molar-refractivity contribution in [2.75, 3.05) is 0 Å². The molecule has 0 fully saturated rings. The van der Waals surface area contributed by atoms with Crippen molar-refractivity contribution in [3.05, 3.63) is 90.5 Å². The monoisotopic (exact) mass is 504 g/mol. The molecule has 0 saturated heterocycles. The van der Waals surface area contributed by atoms with Gasteiger partial charge in [-0.15, -0.1) is 0 Å². The van der Waals surface area contributed by atoms with E-state index in [-0.39, 0.29) is 5.97 Å². The SMILES string of the molecule is CCCCCCCCCCCc1ccc(S(OC(=O)CCC)(c2ccccc2)c2ccccc2)cc1. The summed E-state index contributed by atoms with van der Waals surface area (Å²) in [5, 5.41) is 0. The second-order valence-electron chi connectivity index (χ2n) is 9.61. The minimum atomic E-state index is -2.16. The maximum absolute atomic E-state index is 12.9. The number of rotatable bonds is 16. The van der Waals surface area contributed by atoms with Crippen molar-refractivity contribution in [3.8, 4) is 0 Å². The lowest BCUT2D eigenvalue weighted by Crippen LogP contribution is -2.13. The molecule has 0 spiro atoms. The first-order valence-electron chi connectivity index (χ1n) is 14.0. The largest absolute Gasteiger partial charge is 0.402 e. The van der Waals surface area contributed by atoms with Gasteiger partial charge < -0.3 is 4.18 Å². The van der Waals surface area contributed by atoms with Crippen molar-refractivity contribution < 1.29 is 8.98 Å². The molecule has 3 aromatic carbocycles. The number of aryl methyl sites for hydroxylation is 1. The van der Waals surface area contributed by atoms with Crippen molar-refractivity contribution in [1.29, 1.82) is 0 Å². The molecular formula is C33H44O2S. The van der Waals surface area contributed by atoms with Crippen molar-refractivity contribution in [1.82, 2.24) is 0 Å². The number of unbranched alkanes of at least 4 members (excludes halogenated alkanes) is 8. The number of carbonyl (C=O) groups excluding carboxylic acids is 1. The number of hydrogen-bond donors (Lipinski definition) is 0. The predicted octanol–water partition coefficient (Wildman–Crippen LogP) is 10.3. The van der Waals surface area contributed by atoms with E-state index in [9.17, 15) is 4.79 Å². The molecule has 0 bridgehead atoms. The quantitative estimate of drug-likeness (QED) is 0.181. The van der Waals surface area contributed by atoms with Crippen LogP contribution in [-0.2, 0) is 15.4 Å². The third-order valence-corrected chi connectivity index (χ3v) is 9.89. The van der Waals surface area contributed by atoms with Crippen LogP contribution in [0.25, 0.3) is 0 Å². The van der Waals surface area contributed by atoms with E-state index in [2.05, 4.69) is 55.5 Å². The molecule has 0 saturated carbocycles. The zero-order chi connectivity index (χ0) is 25.5. The van der Waals surface area contributed by atoms with E-state index in [1.807, 2.05) is 43.3 Å². The lowest BCUT2D eigenvalue weighted by atomic mass is 10.0. The summed E-state index contributed by atoms with van der Waals surface area (Å²) >= 11 is 0. The van der Waals surface area contributed by atoms with Crippen molar-refractivity contribution >= 4 is 16.3 Å². The summed E-state index contributed by atoms with van der Waals surface area (Å²) in [5.74, 6) is -0.140. The van der Waals surface area contributed by atoms with Crippen LogP contribution < -0.4 is 0 Å². The minimum Gasteiger partial charge on any atom is -0.402 e. The second kappa shape index (κ2) is 15.6. The van der Waals surface area contributed by atoms with E-state index in [0.29, 0.717) is 6.42 Å². The van der Waals surface area contributed by atoms with Gasteiger partial charge in [-0.25, -0.2) is 0 Å². The highest BCUT2D eigenvalue weighted by atomic mass is 32.3. The Kier molecular flexibility index (Phi) is 12.1. The Bertz CT molecular complexity index is 959. The molecule has 0 amide bonds. The van der Waals surface area contributed by atoms with Gasteiger partial charge in [0.2, 0.25) is 0 Å². The van der Waals surface area contributed by atoms with E-state index < -0.39 is 10.3 Å². The fourth-order valence-electron chi connectivity index (χ4n) is 4.65. The molecule has 0 N–H and O–H groups in total. The van der Waals surface area contributed by atoms with Crippen LogP contribution in [0.4, 0.5) is 0 Å². The number of benzene rings is 3. The van der Waals surface area contributed by atoms with Gasteiger partial charge in [-0.1, -0.05) is 114 Å². The van der Waals surface area contributed by atoms with E-state index in [1.54, 1.807) is 0 Å². The highest BCUT2D eigenvalue weighted by molar-refractivity contribution is 8.30. The lowest BCUT2D eigenvalue weighted by Gasteiger charge is -2.39. The van der Waals surface area contributed by atoms with Crippen LogP contribution >= 0.6 is 10.3 Å². The third kappa shape index (κ3) is 8.00. The Balaban J connectivity index is 1.75. The predicted molar refractivity (Wildman–Crippen MR) is 154 cm³/mol. The van der Waals surface area contributed by atoms with Crippen LogP contribution in [0.2, 0.25) is 0 Å². The Morgan fingerprint density at radius 3 is 1.56 bits per heavy atom. The fraction of sp³-hybridized carbons (Fsp3) is 0.424.